The molecule has 0 aromatic heterocycles. The number of rotatable bonds is 6. The molecule has 0 heterocycles. The van der Waals surface area contributed by atoms with Gasteiger partial charge >= 0.3 is 0 Å². The zero-order valence-electron chi connectivity index (χ0n) is 13.1. The SMILES string of the molecule is Cc1cc(OCC(=O)NN=Cc2cc([N+](=O)[O-])ccc2O)ccc1Cl. The summed E-state index contributed by atoms with van der Waals surface area (Å²) in [6.07, 6.45) is 1.10. The summed E-state index contributed by atoms with van der Waals surface area (Å²) in [6.45, 7) is 1.53. The Kier molecular flexibility index (Phi) is 5.91. The van der Waals surface area contributed by atoms with Gasteiger partial charge in [0, 0.05) is 22.7 Å². The smallest absolute Gasteiger partial charge is 0.277 e. The first kappa shape index (κ1) is 18.2. The Morgan fingerprint density at radius 2 is 2.16 bits per heavy atom. The van der Waals surface area contributed by atoms with Gasteiger partial charge in [-0.15, -0.1) is 0 Å². The average molecular weight is 364 g/mol. The number of ether oxygens (including phenoxy) is 1. The summed E-state index contributed by atoms with van der Waals surface area (Å²) in [6, 6.07) is 8.46. The van der Waals surface area contributed by atoms with Crippen LogP contribution in [0.2, 0.25) is 5.02 Å². The number of halogens is 1. The van der Waals surface area contributed by atoms with Gasteiger partial charge in [-0.05, 0) is 36.8 Å². The van der Waals surface area contributed by atoms with Crippen molar-refractivity contribution in [2.24, 2.45) is 5.10 Å². The monoisotopic (exact) mass is 363 g/mol. The molecule has 2 rings (SSSR count). The maximum Gasteiger partial charge on any atom is 0.277 e. The van der Waals surface area contributed by atoms with Gasteiger partial charge in [0.05, 0.1) is 11.1 Å². The second-order valence-electron chi connectivity index (χ2n) is 4.99. The van der Waals surface area contributed by atoms with Crippen LogP contribution in [-0.4, -0.2) is 28.8 Å². The maximum atomic E-state index is 11.7. The topological polar surface area (TPSA) is 114 Å². The van der Waals surface area contributed by atoms with Gasteiger partial charge in [-0.2, -0.15) is 5.10 Å². The highest BCUT2D eigenvalue weighted by molar-refractivity contribution is 6.31. The van der Waals surface area contributed by atoms with Gasteiger partial charge in [0.25, 0.3) is 11.6 Å². The summed E-state index contributed by atoms with van der Waals surface area (Å²) in [5.74, 6) is -0.248. The Morgan fingerprint density at radius 1 is 1.40 bits per heavy atom. The van der Waals surface area contributed by atoms with Gasteiger partial charge in [-0.3, -0.25) is 14.9 Å². The van der Waals surface area contributed by atoms with E-state index in [0.29, 0.717) is 10.8 Å². The van der Waals surface area contributed by atoms with Crippen molar-refractivity contribution in [2.75, 3.05) is 6.61 Å². The molecule has 2 aromatic carbocycles. The third-order valence-corrected chi connectivity index (χ3v) is 3.54. The van der Waals surface area contributed by atoms with E-state index in [0.717, 1.165) is 23.9 Å². The van der Waals surface area contributed by atoms with E-state index < -0.39 is 10.8 Å². The maximum absolute atomic E-state index is 11.7. The summed E-state index contributed by atoms with van der Waals surface area (Å²) in [7, 11) is 0. The fourth-order valence-electron chi connectivity index (χ4n) is 1.82. The Morgan fingerprint density at radius 3 is 2.84 bits per heavy atom. The number of phenolic OH excluding ortho intramolecular Hbond substituents is 1. The zero-order chi connectivity index (χ0) is 18.4. The van der Waals surface area contributed by atoms with Gasteiger partial charge in [0.2, 0.25) is 0 Å². The van der Waals surface area contributed by atoms with Gasteiger partial charge < -0.3 is 9.84 Å². The molecule has 0 saturated carbocycles. The minimum atomic E-state index is -0.600. The molecule has 0 unspecified atom stereocenters. The largest absolute Gasteiger partial charge is 0.507 e. The first-order valence-electron chi connectivity index (χ1n) is 7.05. The minimum Gasteiger partial charge on any atom is -0.507 e. The van der Waals surface area contributed by atoms with E-state index in [9.17, 15) is 20.0 Å². The van der Waals surface area contributed by atoms with Crippen LogP contribution in [0.25, 0.3) is 0 Å². The third kappa shape index (κ3) is 5.18. The molecule has 0 aliphatic carbocycles. The predicted molar refractivity (Wildman–Crippen MR) is 92.2 cm³/mol. The van der Waals surface area contributed by atoms with Crippen molar-refractivity contribution >= 4 is 29.4 Å². The number of amides is 1. The van der Waals surface area contributed by atoms with Gasteiger partial charge in [0.1, 0.15) is 11.5 Å². The van der Waals surface area contributed by atoms with Crippen LogP contribution in [0.5, 0.6) is 11.5 Å². The quantitative estimate of drug-likeness (QED) is 0.465. The molecular weight excluding hydrogens is 350 g/mol. The summed E-state index contributed by atoms with van der Waals surface area (Å²) in [5, 5.41) is 24.6. The molecule has 8 nitrogen and oxygen atoms in total. The van der Waals surface area contributed by atoms with Crippen molar-refractivity contribution in [3.8, 4) is 11.5 Å². The molecule has 0 spiro atoms. The Bertz CT molecular complexity index is 839. The molecule has 1 amide bonds. The van der Waals surface area contributed by atoms with Crippen LogP contribution in [0.1, 0.15) is 11.1 Å². The van der Waals surface area contributed by atoms with E-state index in [4.69, 9.17) is 16.3 Å². The number of benzene rings is 2. The molecule has 0 atom stereocenters. The number of hydrazone groups is 1. The molecular formula is C16H14ClN3O5. The molecule has 9 heteroatoms. The molecule has 0 fully saturated rings. The number of non-ortho nitro benzene ring substituents is 1. The molecule has 0 bridgehead atoms. The molecule has 2 aromatic rings. The molecule has 130 valence electrons. The number of phenols is 1. The number of hydrogen-bond acceptors (Lipinski definition) is 6. The first-order chi connectivity index (χ1) is 11.9. The molecule has 25 heavy (non-hydrogen) atoms. The van der Waals surface area contributed by atoms with E-state index in [2.05, 4.69) is 10.5 Å². The number of carbonyl (C=O) groups excluding carboxylic acids is 1. The van der Waals surface area contributed by atoms with Crippen LogP contribution in [-0.2, 0) is 4.79 Å². The number of carbonyl (C=O) groups is 1. The fraction of sp³-hybridized carbons (Fsp3) is 0.125. The highest BCUT2D eigenvalue weighted by Gasteiger charge is 2.09. The highest BCUT2D eigenvalue weighted by atomic mass is 35.5. The number of aromatic hydroxyl groups is 1. The van der Waals surface area contributed by atoms with Crippen LogP contribution in [0, 0.1) is 17.0 Å². The average Bonchev–Trinajstić information content (AvgIpc) is 2.57. The lowest BCUT2D eigenvalue weighted by Gasteiger charge is -2.06. The summed E-state index contributed by atoms with van der Waals surface area (Å²) >= 11 is 5.90. The first-order valence-corrected chi connectivity index (χ1v) is 7.43. The molecule has 0 saturated heterocycles. The number of hydrogen-bond donors (Lipinski definition) is 2. The number of nitro groups is 1. The number of nitrogens with zero attached hydrogens (tertiary/aromatic N) is 2. The van der Waals surface area contributed by atoms with Gasteiger partial charge in [0.15, 0.2) is 6.61 Å². The molecule has 2 N–H and O–H groups in total. The fourth-order valence-corrected chi connectivity index (χ4v) is 1.94. The second-order valence-corrected chi connectivity index (χ2v) is 5.40. The van der Waals surface area contributed by atoms with Crippen molar-refractivity contribution in [3.05, 3.63) is 62.7 Å². The lowest BCUT2D eigenvalue weighted by molar-refractivity contribution is -0.384. The van der Waals surface area contributed by atoms with Crippen molar-refractivity contribution < 1.29 is 19.6 Å². The van der Waals surface area contributed by atoms with Crippen LogP contribution in [0.15, 0.2) is 41.5 Å². The van der Waals surface area contributed by atoms with Crippen LogP contribution < -0.4 is 10.2 Å². The second kappa shape index (κ2) is 8.11. The van der Waals surface area contributed by atoms with Crippen molar-refractivity contribution in [1.29, 1.82) is 0 Å². The standard InChI is InChI=1S/C16H14ClN3O5/c1-10-6-13(3-4-14(10)17)25-9-16(22)19-18-8-11-7-12(20(23)24)2-5-15(11)21/h2-8,21H,9H2,1H3,(H,19,22). The highest BCUT2D eigenvalue weighted by Crippen LogP contribution is 2.22. The normalized spacial score (nSPS) is 10.6. The van der Waals surface area contributed by atoms with Crippen LogP contribution >= 0.6 is 11.6 Å². The minimum absolute atomic E-state index is 0.101. The van der Waals surface area contributed by atoms with E-state index in [1.54, 1.807) is 18.2 Å². The number of aryl methyl sites for hydroxylation is 1. The van der Waals surface area contributed by atoms with E-state index in [1.807, 2.05) is 6.92 Å². The Hall–Kier alpha value is -3.13. The lowest BCUT2D eigenvalue weighted by atomic mass is 10.2. The lowest BCUT2D eigenvalue weighted by Crippen LogP contribution is -2.24. The zero-order valence-corrected chi connectivity index (χ0v) is 13.9. The van der Waals surface area contributed by atoms with E-state index in [1.165, 1.54) is 6.07 Å². The summed E-state index contributed by atoms with van der Waals surface area (Å²) in [4.78, 5) is 21.8. The summed E-state index contributed by atoms with van der Waals surface area (Å²) < 4.78 is 5.30. The Balaban J connectivity index is 1.91. The van der Waals surface area contributed by atoms with Crippen LogP contribution in [0.4, 0.5) is 5.69 Å². The van der Waals surface area contributed by atoms with Crippen LogP contribution in [0.3, 0.4) is 0 Å². The van der Waals surface area contributed by atoms with E-state index >= 15 is 0 Å². The number of nitro benzene ring substituents is 1. The van der Waals surface area contributed by atoms with Crippen molar-refractivity contribution in [2.45, 2.75) is 6.92 Å². The van der Waals surface area contributed by atoms with Gasteiger partial charge in [-0.1, -0.05) is 11.6 Å². The molecule has 0 aliphatic rings. The van der Waals surface area contributed by atoms with Gasteiger partial charge in [-0.25, -0.2) is 5.43 Å². The number of nitrogens with one attached hydrogen (secondary N) is 1. The van der Waals surface area contributed by atoms with Crippen molar-refractivity contribution in [1.82, 2.24) is 5.43 Å². The summed E-state index contributed by atoms with van der Waals surface area (Å²) in [5.41, 5.74) is 2.92. The van der Waals surface area contributed by atoms with E-state index in [-0.39, 0.29) is 23.6 Å². The Labute approximate surface area is 147 Å². The molecule has 0 radical (unpaired) electrons. The predicted octanol–water partition coefficient (Wildman–Crippen LogP) is 2.79. The molecule has 0 aliphatic heterocycles. The van der Waals surface area contributed by atoms with Crippen molar-refractivity contribution in [3.63, 3.8) is 0 Å². The third-order valence-electron chi connectivity index (χ3n) is 3.11.